The van der Waals surface area contributed by atoms with E-state index >= 15 is 0 Å². The molecule has 1 aliphatic rings. The molecule has 3 nitrogen and oxygen atoms in total. The van der Waals surface area contributed by atoms with Gasteiger partial charge in [-0.2, -0.15) is 0 Å². The Hall–Kier alpha value is -1.45. The lowest BCUT2D eigenvalue weighted by molar-refractivity contribution is 0.162. The van der Waals surface area contributed by atoms with E-state index in [1.165, 1.54) is 19.3 Å². The number of nitrogens with one attached hydrogen (secondary N) is 1. The van der Waals surface area contributed by atoms with E-state index in [0.29, 0.717) is 12.6 Å². The van der Waals surface area contributed by atoms with Gasteiger partial charge < -0.3 is 10.4 Å². The van der Waals surface area contributed by atoms with Crippen molar-refractivity contribution in [1.29, 1.82) is 0 Å². The molecule has 2 aromatic rings. The molecule has 0 aliphatic heterocycles. The van der Waals surface area contributed by atoms with Gasteiger partial charge in [0.1, 0.15) is 0 Å². The van der Waals surface area contributed by atoms with E-state index in [0.717, 1.165) is 27.7 Å². The van der Waals surface area contributed by atoms with Crippen LogP contribution in [0, 0.1) is 13.8 Å². The van der Waals surface area contributed by atoms with Gasteiger partial charge in [-0.1, -0.05) is 24.6 Å². The van der Waals surface area contributed by atoms with Crippen LogP contribution in [0.5, 0.6) is 0 Å². The van der Waals surface area contributed by atoms with Crippen molar-refractivity contribution >= 4 is 10.9 Å². The highest BCUT2D eigenvalue weighted by Gasteiger charge is 2.19. The van der Waals surface area contributed by atoms with Crippen LogP contribution in [0.15, 0.2) is 24.3 Å². The molecular formula is C17H22N2O. The number of nitrogens with zero attached hydrogens (tertiary/aromatic N) is 1. The van der Waals surface area contributed by atoms with Crippen molar-refractivity contribution in [1.82, 2.24) is 10.3 Å². The standard InChI is InChI=1S/C17H22N2O/c1-11-5-3-8-14-15(9-12(2)19-17(11)14)16(20)10-18-13-6-4-7-13/h3,5,8-9,13,16,18,20H,4,6-7,10H2,1-2H3. The van der Waals surface area contributed by atoms with Crippen molar-refractivity contribution < 1.29 is 5.11 Å². The Morgan fingerprint density at radius 1 is 1.35 bits per heavy atom. The third kappa shape index (κ3) is 2.56. The van der Waals surface area contributed by atoms with E-state index in [4.69, 9.17) is 0 Å². The summed E-state index contributed by atoms with van der Waals surface area (Å²) in [6.45, 7) is 4.68. The molecule has 3 rings (SSSR count). The summed E-state index contributed by atoms with van der Waals surface area (Å²) < 4.78 is 0. The van der Waals surface area contributed by atoms with Gasteiger partial charge in [-0.05, 0) is 43.9 Å². The summed E-state index contributed by atoms with van der Waals surface area (Å²) in [5, 5.41) is 15.0. The van der Waals surface area contributed by atoms with E-state index in [1.807, 2.05) is 19.1 Å². The number of benzene rings is 1. The molecule has 106 valence electrons. The average molecular weight is 270 g/mol. The Morgan fingerprint density at radius 2 is 2.15 bits per heavy atom. The molecule has 0 spiro atoms. The maximum absolute atomic E-state index is 10.5. The van der Waals surface area contributed by atoms with E-state index in [9.17, 15) is 5.11 Å². The molecule has 0 radical (unpaired) electrons. The highest BCUT2D eigenvalue weighted by molar-refractivity contribution is 5.85. The van der Waals surface area contributed by atoms with Crippen molar-refractivity contribution in [3.63, 3.8) is 0 Å². The van der Waals surface area contributed by atoms with Gasteiger partial charge in [0, 0.05) is 23.7 Å². The van der Waals surface area contributed by atoms with E-state index in [-0.39, 0.29) is 0 Å². The van der Waals surface area contributed by atoms with Crippen LogP contribution in [-0.2, 0) is 0 Å². The highest BCUT2D eigenvalue weighted by atomic mass is 16.3. The largest absolute Gasteiger partial charge is 0.387 e. The third-order valence-corrected chi connectivity index (χ3v) is 4.27. The van der Waals surface area contributed by atoms with Crippen LogP contribution in [0.2, 0.25) is 0 Å². The zero-order valence-corrected chi connectivity index (χ0v) is 12.2. The number of hydrogen-bond acceptors (Lipinski definition) is 3. The molecule has 1 fully saturated rings. The quantitative estimate of drug-likeness (QED) is 0.897. The van der Waals surface area contributed by atoms with Crippen molar-refractivity contribution in [3.8, 4) is 0 Å². The van der Waals surface area contributed by atoms with Gasteiger partial charge in [0.15, 0.2) is 0 Å². The molecule has 1 aromatic carbocycles. The summed E-state index contributed by atoms with van der Waals surface area (Å²) in [4.78, 5) is 4.61. The lowest BCUT2D eigenvalue weighted by Crippen LogP contribution is -2.37. The minimum atomic E-state index is -0.471. The Labute approximate surface area is 120 Å². The zero-order chi connectivity index (χ0) is 14.1. The second kappa shape index (κ2) is 5.51. The smallest absolute Gasteiger partial charge is 0.0921 e. The maximum atomic E-state index is 10.5. The van der Waals surface area contributed by atoms with Crippen LogP contribution in [0.3, 0.4) is 0 Å². The first-order chi connectivity index (χ1) is 9.65. The monoisotopic (exact) mass is 270 g/mol. The molecule has 20 heavy (non-hydrogen) atoms. The summed E-state index contributed by atoms with van der Waals surface area (Å²) in [5.41, 5.74) is 4.12. The number of fused-ring (bicyclic) bond motifs is 1. The fourth-order valence-electron chi connectivity index (χ4n) is 2.83. The molecule has 1 unspecified atom stereocenters. The first kappa shape index (κ1) is 13.5. The van der Waals surface area contributed by atoms with Gasteiger partial charge in [0.25, 0.3) is 0 Å². The molecule has 1 atom stereocenters. The van der Waals surface area contributed by atoms with Crippen molar-refractivity contribution in [3.05, 3.63) is 41.1 Å². The van der Waals surface area contributed by atoms with Crippen LogP contribution < -0.4 is 5.32 Å². The van der Waals surface area contributed by atoms with Gasteiger partial charge in [0.05, 0.1) is 11.6 Å². The molecule has 1 saturated carbocycles. The molecule has 1 aromatic heterocycles. The van der Waals surface area contributed by atoms with Crippen molar-refractivity contribution in [2.75, 3.05) is 6.54 Å². The Kier molecular flexibility index (Phi) is 3.72. The van der Waals surface area contributed by atoms with Crippen LogP contribution >= 0.6 is 0 Å². The highest BCUT2D eigenvalue weighted by Crippen LogP contribution is 2.26. The summed E-state index contributed by atoms with van der Waals surface area (Å²) in [6, 6.07) is 8.76. The Morgan fingerprint density at radius 3 is 2.85 bits per heavy atom. The first-order valence-corrected chi connectivity index (χ1v) is 7.43. The number of para-hydroxylation sites is 1. The molecule has 0 bridgehead atoms. The van der Waals surface area contributed by atoms with Crippen molar-refractivity contribution in [2.24, 2.45) is 0 Å². The molecule has 0 saturated heterocycles. The predicted octanol–water partition coefficient (Wildman–Crippen LogP) is 3.03. The fourth-order valence-corrected chi connectivity index (χ4v) is 2.83. The second-order valence-corrected chi connectivity index (χ2v) is 5.88. The summed E-state index contributed by atoms with van der Waals surface area (Å²) >= 11 is 0. The van der Waals surface area contributed by atoms with Crippen LogP contribution in [0.4, 0.5) is 0 Å². The number of hydrogen-bond donors (Lipinski definition) is 2. The van der Waals surface area contributed by atoms with E-state index in [1.54, 1.807) is 0 Å². The maximum Gasteiger partial charge on any atom is 0.0921 e. The SMILES string of the molecule is Cc1cc(C(O)CNC2CCC2)c2cccc(C)c2n1. The van der Waals surface area contributed by atoms with Gasteiger partial charge in [-0.3, -0.25) is 4.98 Å². The molecule has 2 N–H and O–H groups in total. The van der Waals surface area contributed by atoms with Gasteiger partial charge in [-0.25, -0.2) is 0 Å². The number of aryl methyl sites for hydroxylation is 2. The molecule has 0 amide bonds. The van der Waals surface area contributed by atoms with Gasteiger partial charge >= 0.3 is 0 Å². The lowest BCUT2D eigenvalue weighted by atomic mass is 9.92. The normalized spacial score (nSPS) is 17.1. The second-order valence-electron chi connectivity index (χ2n) is 5.88. The molecular weight excluding hydrogens is 248 g/mol. The zero-order valence-electron chi connectivity index (χ0n) is 12.2. The predicted molar refractivity (Wildman–Crippen MR) is 81.8 cm³/mol. The summed E-state index contributed by atoms with van der Waals surface area (Å²) in [5.74, 6) is 0. The number of rotatable bonds is 4. The first-order valence-electron chi connectivity index (χ1n) is 7.43. The number of pyridine rings is 1. The third-order valence-electron chi connectivity index (χ3n) is 4.27. The minimum absolute atomic E-state index is 0.471. The Bertz CT molecular complexity index is 620. The van der Waals surface area contributed by atoms with Gasteiger partial charge in [0.2, 0.25) is 0 Å². The minimum Gasteiger partial charge on any atom is -0.387 e. The number of aliphatic hydroxyl groups is 1. The number of aromatic nitrogens is 1. The molecule has 1 heterocycles. The van der Waals surface area contributed by atoms with E-state index in [2.05, 4.69) is 29.4 Å². The fraction of sp³-hybridized carbons (Fsp3) is 0.471. The van der Waals surface area contributed by atoms with Crippen LogP contribution in [0.1, 0.15) is 42.2 Å². The van der Waals surface area contributed by atoms with Crippen LogP contribution in [0.25, 0.3) is 10.9 Å². The Balaban J connectivity index is 1.90. The molecule has 1 aliphatic carbocycles. The summed E-state index contributed by atoms with van der Waals surface area (Å²) in [7, 11) is 0. The molecule has 3 heteroatoms. The van der Waals surface area contributed by atoms with Crippen molar-refractivity contribution in [2.45, 2.75) is 45.3 Å². The summed E-state index contributed by atoms with van der Waals surface area (Å²) in [6.07, 6.45) is 3.32. The van der Waals surface area contributed by atoms with E-state index < -0.39 is 6.10 Å². The van der Waals surface area contributed by atoms with Crippen LogP contribution in [-0.4, -0.2) is 22.7 Å². The van der Waals surface area contributed by atoms with Gasteiger partial charge in [-0.15, -0.1) is 0 Å². The average Bonchev–Trinajstić information content (AvgIpc) is 2.37. The topological polar surface area (TPSA) is 45.1 Å². The number of aliphatic hydroxyl groups excluding tert-OH is 1. The lowest BCUT2D eigenvalue weighted by Gasteiger charge is -2.28.